The number of hydrogen-bond donors (Lipinski definition) is 2. The highest BCUT2D eigenvalue weighted by molar-refractivity contribution is 6.35. The molecule has 0 aliphatic rings. The van der Waals surface area contributed by atoms with Gasteiger partial charge in [-0.05, 0) is 41.8 Å². The van der Waals surface area contributed by atoms with Gasteiger partial charge < -0.3 is 10.6 Å². The Labute approximate surface area is 244 Å². The SMILES string of the molecule is [2H]C(Nc1cc(Cl)c2ncc(C#N)c(N[C@H](CC)c3ccccc3)c2c1)(c1cccc(C#N)c1)c1cn(CC=C)nn1. The van der Waals surface area contributed by atoms with Crippen molar-refractivity contribution in [2.24, 2.45) is 0 Å². The van der Waals surface area contributed by atoms with Gasteiger partial charge in [-0.3, -0.25) is 4.98 Å². The Hall–Kier alpha value is -5.18. The maximum absolute atomic E-state index is 9.99. The maximum atomic E-state index is 9.99. The van der Waals surface area contributed by atoms with Gasteiger partial charge in [-0.1, -0.05) is 72.3 Å². The van der Waals surface area contributed by atoms with Crippen LogP contribution < -0.4 is 10.6 Å². The normalized spacial score (nSPS) is 13.3. The molecule has 1 unspecified atom stereocenters. The molecule has 41 heavy (non-hydrogen) atoms. The highest BCUT2D eigenvalue weighted by atomic mass is 35.5. The third-order valence-corrected chi connectivity index (χ3v) is 6.92. The van der Waals surface area contributed by atoms with Gasteiger partial charge >= 0.3 is 0 Å². The second kappa shape index (κ2) is 12.3. The summed E-state index contributed by atoms with van der Waals surface area (Å²) in [6, 6.07) is 23.0. The van der Waals surface area contributed by atoms with Crippen molar-refractivity contribution in [3.05, 3.63) is 125 Å². The van der Waals surface area contributed by atoms with Crippen LogP contribution in [0.3, 0.4) is 0 Å². The number of halogens is 1. The quantitative estimate of drug-likeness (QED) is 0.174. The van der Waals surface area contributed by atoms with Crippen LogP contribution in [0.15, 0.2) is 91.8 Å². The molecule has 5 rings (SSSR count). The predicted octanol–water partition coefficient (Wildman–Crippen LogP) is 7.17. The number of allylic oxidation sites excluding steroid dienone is 1. The molecule has 2 atom stereocenters. The largest absolute Gasteiger partial charge is 0.377 e. The van der Waals surface area contributed by atoms with E-state index in [1.165, 1.54) is 6.20 Å². The summed E-state index contributed by atoms with van der Waals surface area (Å²) in [5.74, 6) is 0. The van der Waals surface area contributed by atoms with Crippen LogP contribution in [0.4, 0.5) is 11.4 Å². The first-order valence-corrected chi connectivity index (χ1v) is 13.4. The van der Waals surface area contributed by atoms with Crippen molar-refractivity contribution in [3.63, 3.8) is 0 Å². The zero-order valence-corrected chi connectivity index (χ0v) is 23.1. The minimum absolute atomic E-state index is 0.0665. The average Bonchev–Trinajstić information content (AvgIpc) is 3.50. The van der Waals surface area contributed by atoms with E-state index < -0.39 is 6.02 Å². The first-order chi connectivity index (χ1) is 20.4. The molecule has 0 bridgehead atoms. The molecular formula is C32H27ClN8. The van der Waals surface area contributed by atoms with E-state index >= 15 is 0 Å². The lowest BCUT2D eigenvalue weighted by atomic mass is 10.0. The third kappa shape index (κ3) is 5.89. The highest BCUT2D eigenvalue weighted by Gasteiger charge is 2.21. The summed E-state index contributed by atoms with van der Waals surface area (Å²) in [4.78, 5) is 4.48. The van der Waals surface area contributed by atoms with Crippen molar-refractivity contribution >= 4 is 33.9 Å². The van der Waals surface area contributed by atoms with E-state index in [0.29, 0.717) is 56.2 Å². The van der Waals surface area contributed by atoms with E-state index in [4.69, 9.17) is 11.6 Å². The van der Waals surface area contributed by atoms with Crippen molar-refractivity contribution in [1.29, 1.82) is 10.5 Å². The Morgan fingerprint density at radius 3 is 2.61 bits per heavy atom. The van der Waals surface area contributed by atoms with Gasteiger partial charge in [0.2, 0.25) is 0 Å². The molecule has 2 aromatic heterocycles. The Balaban J connectivity index is 1.65. The van der Waals surface area contributed by atoms with Crippen molar-refractivity contribution < 1.29 is 1.37 Å². The Kier molecular flexibility index (Phi) is 7.84. The number of hydrogen-bond acceptors (Lipinski definition) is 7. The molecule has 2 heterocycles. The molecule has 2 N–H and O–H groups in total. The number of anilines is 2. The van der Waals surface area contributed by atoms with Crippen LogP contribution in [0.25, 0.3) is 10.9 Å². The zero-order chi connectivity index (χ0) is 29.7. The summed E-state index contributed by atoms with van der Waals surface area (Å²) in [5.41, 5.74) is 4.27. The van der Waals surface area contributed by atoms with Crippen LogP contribution >= 0.6 is 11.6 Å². The lowest BCUT2D eigenvalue weighted by Gasteiger charge is -2.22. The molecule has 0 radical (unpaired) electrons. The maximum Gasteiger partial charge on any atom is 0.109 e. The molecule has 0 aliphatic carbocycles. The highest BCUT2D eigenvalue weighted by Crippen LogP contribution is 2.37. The number of pyridine rings is 1. The first kappa shape index (κ1) is 26.1. The second-order valence-corrected chi connectivity index (χ2v) is 9.74. The van der Waals surface area contributed by atoms with Crippen LogP contribution in [-0.2, 0) is 6.54 Å². The number of aromatic nitrogens is 4. The number of benzene rings is 3. The molecular weight excluding hydrogens is 532 g/mol. The van der Waals surface area contributed by atoms with Crippen molar-refractivity contribution in [1.82, 2.24) is 20.0 Å². The summed E-state index contributed by atoms with van der Waals surface area (Å²) < 4.78 is 11.2. The van der Waals surface area contributed by atoms with Crippen LogP contribution in [-0.4, -0.2) is 20.0 Å². The molecule has 8 nitrogen and oxygen atoms in total. The molecule has 0 aliphatic heterocycles. The fourth-order valence-corrected chi connectivity index (χ4v) is 4.93. The van der Waals surface area contributed by atoms with Crippen LogP contribution in [0.1, 0.15) is 54.7 Å². The van der Waals surface area contributed by atoms with E-state index in [0.717, 1.165) is 12.0 Å². The van der Waals surface area contributed by atoms with Gasteiger partial charge in [0.25, 0.3) is 0 Å². The number of fused-ring (bicyclic) bond motifs is 1. The van der Waals surface area contributed by atoms with E-state index in [2.05, 4.69) is 51.6 Å². The smallest absolute Gasteiger partial charge is 0.109 e. The first-order valence-electron chi connectivity index (χ1n) is 13.5. The van der Waals surface area contributed by atoms with Crippen LogP contribution in [0.2, 0.25) is 5.02 Å². The van der Waals surface area contributed by atoms with E-state index in [-0.39, 0.29) is 6.04 Å². The van der Waals surface area contributed by atoms with Crippen molar-refractivity contribution in [3.8, 4) is 12.1 Å². The van der Waals surface area contributed by atoms with Crippen molar-refractivity contribution in [2.75, 3.05) is 10.6 Å². The number of nitrogens with one attached hydrogen (secondary N) is 2. The predicted molar refractivity (Wildman–Crippen MR) is 161 cm³/mol. The molecule has 9 heteroatoms. The molecule has 0 fully saturated rings. The molecule has 0 saturated carbocycles. The number of nitriles is 2. The van der Waals surface area contributed by atoms with Gasteiger partial charge in [-0.2, -0.15) is 10.5 Å². The molecule has 0 saturated heterocycles. The standard InChI is InChI=1S/C32H27ClN8/c1-3-13-41-20-29(39-40-41)31(23-12-8-9-21(14-23)17-34)37-25-15-26-30(24(18-35)19-36-32(26)27(33)16-25)38-28(4-2)22-10-6-5-7-11-22/h3,5-12,14-16,19-20,28,31,37H,1,4,13H2,2H3,(H,36,38)/t28-,31?/m1/s1/i31D. The Morgan fingerprint density at radius 1 is 1.07 bits per heavy atom. The summed E-state index contributed by atoms with van der Waals surface area (Å²) >= 11 is 6.77. The van der Waals surface area contributed by atoms with Crippen LogP contribution in [0.5, 0.6) is 0 Å². The molecule has 5 aromatic rings. The zero-order valence-electron chi connectivity index (χ0n) is 23.3. The number of nitrogens with zero attached hydrogens (tertiary/aromatic N) is 6. The average molecular weight is 560 g/mol. The van der Waals surface area contributed by atoms with E-state index in [1.807, 2.05) is 36.4 Å². The summed E-state index contributed by atoms with van der Waals surface area (Å²) in [6.45, 7) is 6.24. The van der Waals surface area contributed by atoms with Gasteiger partial charge in [-0.15, -0.1) is 11.7 Å². The second-order valence-electron chi connectivity index (χ2n) is 9.34. The molecule has 0 amide bonds. The van der Waals surface area contributed by atoms with Gasteiger partial charge in [0, 0.05) is 17.3 Å². The van der Waals surface area contributed by atoms with Gasteiger partial charge in [0.05, 0.1) is 59.6 Å². The minimum Gasteiger partial charge on any atom is -0.377 e. The summed E-state index contributed by atoms with van der Waals surface area (Å²) in [7, 11) is 0. The third-order valence-electron chi connectivity index (χ3n) is 6.63. The molecule has 202 valence electrons. The Bertz CT molecular complexity index is 1840. The fraction of sp³-hybridized carbons (Fsp3) is 0.156. The van der Waals surface area contributed by atoms with Gasteiger partial charge in [0.15, 0.2) is 0 Å². The van der Waals surface area contributed by atoms with Gasteiger partial charge in [0.1, 0.15) is 11.8 Å². The topological polar surface area (TPSA) is 115 Å². The molecule has 3 aromatic carbocycles. The monoisotopic (exact) mass is 559 g/mol. The lowest BCUT2D eigenvalue weighted by molar-refractivity contribution is 0.661. The van der Waals surface area contributed by atoms with E-state index in [1.54, 1.807) is 47.3 Å². The van der Waals surface area contributed by atoms with Crippen molar-refractivity contribution in [2.45, 2.75) is 31.9 Å². The lowest BCUT2D eigenvalue weighted by Crippen LogP contribution is -2.14. The summed E-state index contributed by atoms with van der Waals surface area (Å²) in [5, 5.41) is 35.8. The van der Waals surface area contributed by atoms with Gasteiger partial charge in [-0.25, -0.2) is 4.68 Å². The Morgan fingerprint density at radius 2 is 1.88 bits per heavy atom. The minimum atomic E-state index is -1.65. The molecule has 0 spiro atoms. The van der Waals surface area contributed by atoms with E-state index in [9.17, 15) is 11.9 Å². The number of rotatable bonds is 10. The fourth-order valence-electron chi connectivity index (χ4n) is 4.66. The summed E-state index contributed by atoms with van der Waals surface area (Å²) in [6.07, 6.45) is 5.64. The van der Waals surface area contributed by atoms with Crippen LogP contribution in [0, 0.1) is 22.7 Å².